The van der Waals surface area contributed by atoms with E-state index in [0.29, 0.717) is 0 Å². The zero-order valence-electron chi connectivity index (χ0n) is 9.97. The summed E-state index contributed by atoms with van der Waals surface area (Å²) < 4.78 is 18.1. The van der Waals surface area contributed by atoms with E-state index in [1.54, 1.807) is 0 Å². The van der Waals surface area contributed by atoms with Crippen molar-refractivity contribution in [1.82, 2.24) is 5.32 Å². The lowest BCUT2D eigenvalue weighted by atomic mass is 10.3. The van der Waals surface area contributed by atoms with Gasteiger partial charge < -0.3 is 20.3 Å². The smallest absolute Gasteiger partial charge is 0.261 e. The molecule has 6 heteroatoms. The Morgan fingerprint density at radius 1 is 1.44 bits per heavy atom. The largest absolute Gasteiger partial charge is 0.481 e. The number of amides is 1. The minimum atomic E-state index is -0.854. The first kappa shape index (κ1) is 14.4. The Bertz CT molecular complexity index is 395. The van der Waals surface area contributed by atoms with Gasteiger partial charge in [-0.05, 0) is 19.1 Å². The van der Waals surface area contributed by atoms with Crippen molar-refractivity contribution in [2.75, 3.05) is 13.2 Å². The predicted octanol–water partition coefficient (Wildman–Crippen LogP) is 0.0624. The van der Waals surface area contributed by atoms with Gasteiger partial charge in [0.1, 0.15) is 11.6 Å². The first-order valence-electron chi connectivity index (χ1n) is 5.51. The molecule has 0 spiro atoms. The monoisotopic (exact) mass is 257 g/mol. The number of hydrogen-bond donors (Lipinski definition) is 3. The van der Waals surface area contributed by atoms with Gasteiger partial charge in [0.25, 0.3) is 5.91 Å². The van der Waals surface area contributed by atoms with Crippen molar-refractivity contribution in [3.8, 4) is 5.75 Å². The van der Waals surface area contributed by atoms with Crippen molar-refractivity contribution in [3.05, 3.63) is 30.1 Å². The van der Waals surface area contributed by atoms with Gasteiger partial charge in [0.15, 0.2) is 6.10 Å². The Hall–Kier alpha value is -1.66. The van der Waals surface area contributed by atoms with Crippen molar-refractivity contribution >= 4 is 5.91 Å². The zero-order valence-corrected chi connectivity index (χ0v) is 9.97. The number of aliphatic hydroxyl groups excluding tert-OH is 2. The van der Waals surface area contributed by atoms with Gasteiger partial charge in [-0.25, -0.2) is 4.39 Å². The van der Waals surface area contributed by atoms with Crippen LogP contribution in [0.2, 0.25) is 0 Å². The quantitative estimate of drug-likeness (QED) is 0.673. The molecule has 100 valence electrons. The molecule has 18 heavy (non-hydrogen) atoms. The number of rotatable bonds is 6. The van der Waals surface area contributed by atoms with Gasteiger partial charge in [-0.3, -0.25) is 4.79 Å². The third kappa shape index (κ3) is 4.31. The maximum absolute atomic E-state index is 12.9. The van der Waals surface area contributed by atoms with Gasteiger partial charge in [-0.1, -0.05) is 6.07 Å². The Morgan fingerprint density at radius 3 is 2.67 bits per heavy atom. The molecule has 1 rings (SSSR count). The van der Waals surface area contributed by atoms with Crippen molar-refractivity contribution in [2.45, 2.75) is 19.1 Å². The van der Waals surface area contributed by atoms with Gasteiger partial charge in [0.05, 0.1) is 19.3 Å². The highest BCUT2D eigenvalue weighted by Crippen LogP contribution is 2.13. The minimum Gasteiger partial charge on any atom is -0.481 e. The maximum atomic E-state index is 12.9. The van der Waals surface area contributed by atoms with Crippen LogP contribution in [0.1, 0.15) is 6.92 Å². The van der Waals surface area contributed by atoms with E-state index in [0.717, 1.165) is 0 Å². The fraction of sp³-hybridized carbons (Fsp3) is 0.417. The number of carbonyl (C=O) groups is 1. The Labute approximate surface area is 104 Å². The van der Waals surface area contributed by atoms with Crippen LogP contribution >= 0.6 is 0 Å². The van der Waals surface area contributed by atoms with Crippen LogP contribution in [0, 0.1) is 5.82 Å². The minimum absolute atomic E-state index is 0.238. The van der Waals surface area contributed by atoms with Crippen LogP contribution in [0.15, 0.2) is 24.3 Å². The third-order valence-corrected chi connectivity index (χ3v) is 2.27. The fourth-order valence-electron chi connectivity index (χ4n) is 1.27. The lowest BCUT2D eigenvalue weighted by Gasteiger charge is -2.18. The van der Waals surface area contributed by atoms with Gasteiger partial charge >= 0.3 is 0 Å². The summed E-state index contributed by atoms with van der Waals surface area (Å²) in [5, 5.41) is 20.0. The molecule has 1 aromatic rings. The van der Waals surface area contributed by atoms with E-state index in [9.17, 15) is 9.18 Å². The summed E-state index contributed by atoms with van der Waals surface area (Å²) in [7, 11) is 0. The molecule has 0 saturated carbocycles. The second-order valence-electron chi connectivity index (χ2n) is 3.79. The molecule has 0 radical (unpaired) electrons. The second kappa shape index (κ2) is 6.93. The Morgan fingerprint density at radius 2 is 2.11 bits per heavy atom. The van der Waals surface area contributed by atoms with Crippen LogP contribution in [0.25, 0.3) is 0 Å². The first-order valence-corrected chi connectivity index (χ1v) is 5.51. The average Bonchev–Trinajstić information content (AvgIpc) is 2.35. The summed E-state index contributed by atoms with van der Waals surface area (Å²) in [6.07, 6.45) is -0.854. The lowest BCUT2D eigenvalue weighted by Crippen LogP contribution is -2.45. The molecule has 0 aliphatic carbocycles. The number of benzene rings is 1. The first-order chi connectivity index (χ1) is 8.56. The second-order valence-corrected chi connectivity index (χ2v) is 3.79. The standard InChI is InChI=1S/C12H16FNO4/c1-8(12(17)14-10(6-15)7-16)18-11-4-2-3-9(13)5-11/h2-5,8,10,15-16H,6-7H2,1H3,(H,14,17). The molecule has 0 aromatic heterocycles. The highest BCUT2D eigenvalue weighted by atomic mass is 19.1. The normalized spacial score (nSPS) is 12.3. The molecule has 0 fully saturated rings. The summed E-state index contributed by atoms with van der Waals surface area (Å²) in [4.78, 5) is 11.6. The van der Waals surface area contributed by atoms with Gasteiger partial charge in [0, 0.05) is 6.07 Å². The molecule has 0 bridgehead atoms. The van der Waals surface area contributed by atoms with Gasteiger partial charge in [-0.15, -0.1) is 0 Å². The number of carbonyl (C=O) groups excluding carboxylic acids is 1. The molecular weight excluding hydrogens is 241 g/mol. The van der Waals surface area contributed by atoms with E-state index in [-0.39, 0.29) is 19.0 Å². The number of ether oxygens (including phenoxy) is 1. The molecule has 1 unspecified atom stereocenters. The highest BCUT2D eigenvalue weighted by Gasteiger charge is 2.18. The van der Waals surface area contributed by atoms with Crippen LogP contribution in [0.3, 0.4) is 0 Å². The fourth-order valence-corrected chi connectivity index (χ4v) is 1.27. The van der Waals surface area contributed by atoms with Crippen LogP contribution in [0.4, 0.5) is 4.39 Å². The number of halogens is 1. The zero-order chi connectivity index (χ0) is 13.5. The molecule has 0 aliphatic rings. The molecular formula is C12H16FNO4. The average molecular weight is 257 g/mol. The van der Waals surface area contributed by atoms with Crippen LogP contribution in [-0.4, -0.2) is 41.5 Å². The van der Waals surface area contributed by atoms with Gasteiger partial charge in [0.2, 0.25) is 0 Å². The van der Waals surface area contributed by atoms with Crippen molar-refractivity contribution in [2.24, 2.45) is 0 Å². The molecule has 0 heterocycles. The molecule has 0 aliphatic heterocycles. The van der Waals surface area contributed by atoms with Crippen LogP contribution < -0.4 is 10.1 Å². The van der Waals surface area contributed by atoms with E-state index >= 15 is 0 Å². The van der Waals surface area contributed by atoms with E-state index in [1.807, 2.05) is 0 Å². The Balaban J connectivity index is 2.54. The SMILES string of the molecule is CC(Oc1cccc(F)c1)C(=O)NC(CO)CO. The Kier molecular flexibility index (Phi) is 5.54. The topological polar surface area (TPSA) is 78.8 Å². The summed E-state index contributed by atoms with van der Waals surface area (Å²) in [5.41, 5.74) is 0. The molecule has 1 aromatic carbocycles. The van der Waals surface area contributed by atoms with Crippen LogP contribution in [-0.2, 0) is 4.79 Å². The van der Waals surface area contributed by atoms with E-state index in [1.165, 1.54) is 31.2 Å². The molecule has 1 amide bonds. The third-order valence-electron chi connectivity index (χ3n) is 2.27. The lowest BCUT2D eigenvalue weighted by molar-refractivity contribution is -0.128. The van der Waals surface area contributed by atoms with Crippen LogP contribution in [0.5, 0.6) is 5.75 Å². The van der Waals surface area contributed by atoms with E-state index in [2.05, 4.69) is 5.32 Å². The van der Waals surface area contributed by atoms with Crippen molar-refractivity contribution < 1.29 is 24.1 Å². The summed E-state index contributed by atoms with van der Waals surface area (Å²) >= 11 is 0. The summed E-state index contributed by atoms with van der Waals surface area (Å²) in [6, 6.07) is 4.71. The number of hydrogen-bond acceptors (Lipinski definition) is 4. The number of aliphatic hydroxyl groups is 2. The summed E-state index contributed by atoms with van der Waals surface area (Å²) in [5.74, 6) is -0.710. The summed E-state index contributed by atoms with van der Waals surface area (Å²) in [6.45, 7) is 0.760. The van der Waals surface area contributed by atoms with Crippen molar-refractivity contribution in [3.63, 3.8) is 0 Å². The number of nitrogens with one attached hydrogen (secondary N) is 1. The molecule has 5 nitrogen and oxygen atoms in total. The predicted molar refractivity (Wildman–Crippen MR) is 62.6 cm³/mol. The van der Waals surface area contributed by atoms with Gasteiger partial charge in [-0.2, -0.15) is 0 Å². The molecule has 1 atom stereocenters. The highest BCUT2D eigenvalue weighted by molar-refractivity contribution is 5.81. The van der Waals surface area contributed by atoms with E-state index in [4.69, 9.17) is 14.9 Å². The van der Waals surface area contributed by atoms with Crippen molar-refractivity contribution in [1.29, 1.82) is 0 Å². The maximum Gasteiger partial charge on any atom is 0.261 e. The molecule has 3 N–H and O–H groups in total. The molecule has 0 saturated heterocycles. The van der Waals surface area contributed by atoms with E-state index < -0.39 is 23.9 Å².